The third-order valence-corrected chi connectivity index (χ3v) is 2.34. The smallest absolute Gasteiger partial charge is 0.253 e. The number of nitrogens with one attached hydrogen (secondary N) is 1. The Balaban J connectivity index is 2.17. The molecule has 0 aliphatic rings. The van der Waals surface area contributed by atoms with Crippen molar-refractivity contribution < 1.29 is 4.79 Å². The number of hydrogen-bond donors (Lipinski definition) is 2. The van der Waals surface area contributed by atoms with Crippen molar-refractivity contribution in [3.8, 4) is 0 Å². The lowest BCUT2D eigenvalue weighted by Gasteiger charge is -2.00. The van der Waals surface area contributed by atoms with Crippen LogP contribution in [0.25, 0.3) is 0 Å². The number of anilines is 1. The first-order valence-electron chi connectivity index (χ1n) is 5.05. The number of aromatic amines is 1. The van der Waals surface area contributed by atoms with Crippen LogP contribution in [0.1, 0.15) is 21.7 Å². The van der Waals surface area contributed by atoms with E-state index >= 15 is 0 Å². The Bertz CT molecular complexity index is 524. The minimum Gasteiger partial charge on any atom is -0.383 e. The van der Waals surface area contributed by atoms with E-state index in [1.54, 1.807) is 13.0 Å². The summed E-state index contributed by atoms with van der Waals surface area (Å²) in [5, 5.41) is 4.05. The molecule has 2 aromatic heterocycles. The minimum absolute atomic E-state index is 0.121. The molecule has 0 aliphatic heterocycles. The summed E-state index contributed by atoms with van der Waals surface area (Å²) < 4.78 is 1.25. The van der Waals surface area contributed by atoms with E-state index in [1.807, 2.05) is 19.2 Å². The molecule has 2 rings (SSSR count). The Kier molecular flexibility index (Phi) is 2.52. The van der Waals surface area contributed by atoms with Crippen molar-refractivity contribution in [2.45, 2.75) is 20.3 Å². The number of nitrogen functional groups attached to an aromatic ring is 1. The van der Waals surface area contributed by atoms with E-state index in [9.17, 15) is 4.79 Å². The van der Waals surface area contributed by atoms with E-state index in [1.165, 1.54) is 4.68 Å². The number of aromatic nitrogens is 3. The zero-order chi connectivity index (χ0) is 11.7. The maximum Gasteiger partial charge on any atom is 0.253 e. The van der Waals surface area contributed by atoms with Gasteiger partial charge in [0.15, 0.2) is 0 Å². The molecule has 0 saturated carbocycles. The van der Waals surface area contributed by atoms with Crippen molar-refractivity contribution >= 4 is 11.7 Å². The van der Waals surface area contributed by atoms with Crippen LogP contribution in [0.4, 0.5) is 5.82 Å². The second kappa shape index (κ2) is 3.84. The van der Waals surface area contributed by atoms with Gasteiger partial charge < -0.3 is 10.7 Å². The number of rotatable bonds is 2. The summed E-state index contributed by atoms with van der Waals surface area (Å²) in [4.78, 5) is 14.9. The van der Waals surface area contributed by atoms with Crippen molar-refractivity contribution in [3.63, 3.8) is 0 Å². The number of hydrogen-bond acceptors (Lipinski definition) is 3. The Labute approximate surface area is 93.3 Å². The van der Waals surface area contributed by atoms with E-state index in [4.69, 9.17) is 5.73 Å². The van der Waals surface area contributed by atoms with E-state index < -0.39 is 0 Å². The minimum atomic E-state index is -0.121. The molecule has 0 spiro atoms. The van der Waals surface area contributed by atoms with Crippen LogP contribution < -0.4 is 5.73 Å². The zero-order valence-corrected chi connectivity index (χ0v) is 9.32. The van der Waals surface area contributed by atoms with Crippen molar-refractivity contribution in [2.75, 3.05) is 5.73 Å². The Hall–Kier alpha value is -2.04. The maximum absolute atomic E-state index is 11.9. The molecular formula is C11H14N4O. The average molecular weight is 218 g/mol. The van der Waals surface area contributed by atoms with Crippen molar-refractivity contribution in [2.24, 2.45) is 0 Å². The molecule has 0 radical (unpaired) electrons. The fourth-order valence-electron chi connectivity index (χ4n) is 1.64. The zero-order valence-electron chi connectivity index (χ0n) is 9.32. The first-order chi connectivity index (χ1) is 7.56. The van der Waals surface area contributed by atoms with Crippen LogP contribution in [-0.2, 0) is 6.42 Å². The maximum atomic E-state index is 11.9. The predicted octanol–water partition coefficient (Wildman–Crippen LogP) is 1.29. The first-order valence-corrected chi connectivity index (χ1v) is 5.05. The molecule has 2 aromatic rings. The molecule has 0 atom stereocenters. The van der Waals surface area contributed by atoms with Crippen LogP contribution in [0.3, 0.4) is 0 Å². The van der Waals surface area contributed by atoms with Gasteiger partial charge in [-0.15, -0.1) is 0 Å². The molecule has 5 nitrogen and oxygen atoms in total. The number of H-pyrrole nitrogens is 1. The van der Waals surface area contributed by atoms with E-state index in [0.29, 0.717) is 12.2 Å². The van der Waals surface area contributed by atoms with E-state index in [2.05, 4.69) is 10.1 Å². The number of nitrogens with two attached hydrogens (primary N) is 1. The number of carbonyl (C=O) groups excluding carboxylic acids is 1. The second-order valence-corrected chi connectivity index (χ2v) is 3.88. The highest BCUT2D eigenvalue weighted by Gasteiger charge is 2.11. The van der Waals surface area contributed by atoms with Gasteiger partial charge in [-0.05, 0) is 25.5 Å². The van der Waals surface area contributed by atoms with Gasteiger partial charge in [0.25, 0.3) is 5.91 Å². The monoisotopic (exact) mass is 218 g/mol. The van der Waals surface area contributed by atoms with Crippen molar-refractivity contribution in [1.29, 1.82) is 0 Å². The standard InChI is InChI=1S/C11H14N4O/c1-7-3-9(6-13-7)5-11(16)15-10(12)4-8(2)14-15/h3-4,6,13H,5,12H2,1-2H3. The number of aryl methyl sites for hydroxylation is 2. The van der Waals surface area contributed by atoms with Crippen molar-refractivity contribution in [3.05, 3.63) is 35.3 Å². The molecule has 84 valence electrons. The average Bonchev–Trinajstić information content (AvgIpc) is 2.73. The lowest BCUT2D eigenvalue weighted by Crippen LogP contribution is -2.17. The molecule has 0 amide bonds. The Morgan fingerprint density at radius 1 is 1.50 bits per heavy atom. The van der Waals surface area contributed by atoms with Crippen LogP contribution >= 0.6 is 0 Å². The molecule has 0 aliphatic carbocycles. The fourth-order valence-corrected chi connectivity index (χ4v) is 1.64. The third kappa shape index (κ3) is 1.98. The molecule has 3 N–H and O–H groups in total. The molecule has 5 heteroatoms. The van der Waals surface area contributed by atoms with Crippen LogP contribution in [0.5, 0.6) is 0 Å². The van der Waals surface area contributed by atoms with Gasteiger partial charge in [-0.25, -0.2) is 0 Å². The van der Waals surface area contributed by atoms with Gasteiger partial charge in [0.2, 0.25) is 0 Å². The quantitative estimate of drug-likeness (QED) is 0.797. The van der Waals surface area contributed by atoms with E-state index in [0.717, 1.165) is 17.0 Å². The molecule has 0 fully saturated rings. The highest BCUT2D eigenvalue weighted by molar-refractivity contribution is 5.83. The molecule has 0 unspecified atom stereocenters. The molecular weight excluding hydrogens is 204 g/mol. The van der Waals surface area contributed by atoms with Crippen LogP contribution in [0.15, 0.2) is 18.3 Å². The summed E-state index contributed by atoms with van der Waals surface area (Å²) in [6, 6.07) is 3.62. The normalized spacial score (nSPS) is 10.6. The Morgan fingerprint density at radius 3 is 2.75 bits per heavy atom. The lowest BCUT2D eigenvalue weighted by atomic mass is 10.2. The van der Waals surface area contributed by atoms with Gasteiger partial charge in [0.05, 0.1) is 12.1 Å². The summed E-state index contributed by atoms with van der Waals surface area (Å²) in [6.45, 7) is 3.75. The van der Waals surface area contributed by atoms with Crippen LogP contribution in [0, 0.1) is 13.8 Å². The van der Waals surface area contributed by atoms with Gasteiger partial charge in [-0.1, -0.05) is 0 Å². The SMILES string of the molecule is Cc1cc(N)n(C(=O)Cc2c[nH]c(C)c2)n1. The molecule has 0 aromatic carbocycles. The topological polar surface area (TPSA) is 76.7 Å². The summed E-state index contributed by atoms with van der Waals surface area (Å²) in [5.41, 5.74) is 8.39. The van der Waals surface area contributed by atoms with Crippen molar-refractivity contribution in [1.82, 2.24) is 14.8 Å². The summed E-state index contributed by atoms with van der Waals surface area (Å²) >= 11 is 0. The Morgan fingerprint density at radius 2 is 2.25 bits per heavy atom. The van der Waals surface area contributed by atoms with Crippen LogP contribution in [0.2, 0.25) is 0 Å². The fraction of sp³-hybridized carbons (Fsp3) is 0.273. The van der Waals surface area contributed by atoms with E-state index in [-0.39, 0.29) is 5.91 Å². The highest BCUT2D eigenvalue weighted by Crippen LogP contribution is 2.09. The summed E-state index contributed by atoms with van der Waals surface area (Å²) in [6.07, 6.45) is 2.12. The number of carbonyl (C=O) groups is 1. The lowest BCUT2D eigenvalue weighted by molar-refractivity contribution is 0.0901. The van der Waals surface area contributed by atoms with Gasteiger partial charge in [0.1, 0.15) is 5.82 Å². The molecule has 0 saturated heterocycles. The van der Waals surface area contributed by atoms with Crippen LogP contribution in [-0.4, -0.2) is 20.7 Å². The third-order valence-electron chi connectivity index (χ3n) is 2.34. The summed E-state index contributed by atoms with van der Waals surface area (Å²) in [7, 11) is 0. The predicted molar refractivity (Wildman–Crippen MR) is 61.2 cm³/mol. The molecule has 16 heavy (non-hydrogen) atoms. The van der Waals surface area contributed by atoms with Gasteiger partial charge in [-0.3, -0.25) is 4.79 Å². The summed E-state index contributed by atoms with van der Waals surface area (Å²) in [5.74, 6) is 0.263. The second-order valence-electron chi connectivity index (χ2n) is 3.88. The van der Waals surface area contributed by atoms with Gasteiger partial charge in [-0.2, -0.15) is 9.78 Å². The largest absolute Gasteiger partial charge is 0.383 e. The van der Waals surface area contributed by atoms with Gasteiger partial charge in [0, 0.05) is 18.0 Å². The highest BCUT2D eigenvalue weighted by atomic mass is 16.2. The molecule has 2 heterocycles. The number of nitrogens with zero attached hydrogens (tertiary/aromatic N) is 2. The van der Waals surface area contributed by atoms with Gasteiger partial charge >= 0.3 is 0 Å². The first kappa shape index (κ1) is 10.5. The molecule has 0 bridgehead atoms.